The number of carbonyl (C=O) groups is 2. The number of furan rings is 1. The largest absolute Gasteiger partial charge is 0.464 e. The number of amides is 2. The molecule has 20 heavy (non-hydrogen) atoms. The number of nitrogens with one attached hydrogen (secondary N) is 1. The van der Waals surface area contributed by atoms with Crippen LogP contribution in [0.2, 0.25) is 0 Å². The van der Waals surface area contributed by atoms with E-state index in [0.717, 1.165) is 23.0 Å². The Morgan fingerprint density at radius 2 is 2.35 bits per heavy atom. The SMILES string of the molecule is Cc1ccc([C@@H]2CSCCN2C(=O)[C@H]2CCC(=O)N2)o1. The molecule has 0 saturated carbocycles. The van der Waals surface area contributed by atoms with Gasteiger partial charge in [0.2, 0.25) is 11.8 Å². The minimum Gasteiger partial charge on any atom is -0.464 e. The topological polar surface area (TPSA) is 62.6 Å². The Labute approximate surface area is 122 Å². The number of nitrogens with zero attached hydrogens (tertiary/aromatic N) is 1. The molecule has 5 nitrogen and oxygen atoms in total. The molecule has 1 aromatic rings. The molecule has 0 bridgehead atoms. The first-order chi connectivity index (χ1) is 9.65. The van der Waals surface area contributed by atoms with Gasteiger partial charge in [-0.2, -0.15) is 11.8 Å². The summed E-state index contributed by atoms with van der Waals surface area (Å²) in [4.78, 5) is 25.8. The van der Waals surface area contributed by atoms with E-state index >= 15 is 0 Å². The predicted octanol–water partition coefficient (Wildman–Crippen LogP) is 1.48. The zero-order chi connectivity index (χ0) is 14.1. The molecular formula is C14H18N2O3S. The van der Waals surface area contributed by atoms with Crippen molar-refractivity contribution >= 4 is 23.6 Å². The number of hydrogen-bond acceptors (Lipinski definition) is 4. The van der Waals surface area contributed by atoms with Gasteiger partial charge in [0, 0.05) is 24.5 Å². The molecule has 6 heteroatoms. The lowest BCUT2D eigenvalue weighted by molar-refractivity contribution is -0.136. The molecule has 3 rings (SSSR count). The standard InChI is InChI=1S/C14H18N2O3S/c1-9-2-4-12(19-9)11-8-20-7-6-16(11)14(18)10-3-5-13(17)15-10/h2,4,10-11H,3,5-8H2,1H3,(H,15,17)/t10-,11+/m1/s1. The first kappa shape index (κ1) is 13.5. The molecule has 1 N–H and O–H groups in total. The lowest BCUT2D eigenvalue weighted by atomic mass is 10.1. The molecule has 3 heterocycles. The van der Waals surface area contributed by atoms with Crippen molar-refractivity contribution in [3.05, 3.63) is 23.7 Å². The second-order valence-corrected chi connectivity index (χ2v) is 6.38. The Kier molecular flexibility index (Phi) is 3.74. The van der Waals surface area contributed by atoms with Gasteiger partial charge in [0.1, 0.15) is 17.6 Å². The minimum atomic E-state index is -0.357. The average Bonchev–Trinajstić information content (AvgIpc) is 3.07. The van der Waals surface area contributed by atoms with Gasteiger partial charge in [0.25, 0.3) is 0 Å². The van der Waals surface area contributed by atoms with Gasteiger partial charge in [-0.1, -0.05) is 0 Å². The van der Waals surface area contributed by atoms with Crippen molar-refractivity contribution in [1.29, 1.82) is 0 Å². The van der Waals surface area contributed by atoms with Crippen LogP contribution >= 0.6 is 11.8 Å². The molecular weight excluding hydrogens is 276 g/mol. The van der Waals surface area contributed by atoms with E-state index in [1.54, 1.807) is 0 Å². The molecule has 2 aliphatic heterocycles. The summed E-state index contributed by atoms with van der Waals surface area (Å²) in [5.74, 6) is 3.47. The van der Waals surface area contributed by atoms with Gasteiger partial charge in [-0.3, -0.25) is 9.59 Å². The highest BCUT2D eigenvalue weighted by Gasteiger charge is 2.36. The maximum atomic E-state index is 12.6. The summed E-state index contributed by atoms with van der Waals surface area (Å²) >= 11 is 1.83. The summed E-state index contributed by atoms with van der Waals surface area (Å²) in [5, 5.41) is 2.76. The van der Waals surface area contributed by atoms with Crippen LogP contribution < -0.4 is 5.32 Å². The first-order valence-corrected chi connectivity index (χ1v) is 8.04. The smallest absolute Gasteiger partial charge is 0.245 e. The summed E-state index contributed by atoms with van der Waals surface area (Å²) in [6.07, 6.45) is 1.05. The van der Waals surface area contributed by atoms with Gasteiger partial charge in [0.05, 0.1) is 6.04 Å². The lowest BCUT2D eigenvalue weighted by Crippen LogP contribution is -2.48. The van der Waals surface area contributed by atoms with Crippen LogP contribution in [0.1, 0.15) is 30.4 Å². The highest BCUT2D eigenvalue weighted by molar-refractivity contribution is 7.99. The van der Waals surface area contributed by atoms with Gasteiger partial charge >= 0.3 is 0 Å². The van der Waals surface area contributed by atoms with Crippen molar-refractivity contribution in [2.45, 2.75) is 31.8 Å². The molecule has 108 valence electrons. The monoisotopic (exact) mass is 294 g/mol. The second kappa shape index (κ2) is 5.52. The van der Waals surface area contributed by atoms with Gasteiger partial charge in [-0.05, 0) is 25.5 Å². The van der Waals surface area contributed by atoms with Crippen LogP contribution in [0, 0.1) is 6.92 Å². The minimum absolute atomic E-state index is 0.0209. The molecule has 0 aliphatic carbocycles. The van der Waals surface area contributed by atoms with Crippen molar-refractivity contribution < 1.29 is 14.0 Å². The Hall–Kier alpha value is -1.43. The first-order valence-electron chi connectivity index (χ1n) is 6.89. The summed E-state index contributed by atoms with van der Waals surface area (Å²) < 4.78 is 5.69. The van der Waals surface area contributed by atoms with E-state index in [-0.39, 0.29) is 23.9 Å². The van der Waals surface area contributed by atoms with E-state index in [1.807, 2.05) is 35.7 Å². The predicted molar refractivity (Wildman–Crippen MR) is 76.4 cm³/mol. The maximum absolute atomic E-state index is 12.6. The molecule has 2 fully saturated rings. The third kappa shape index (κ3) is 2.57. The molecule has 0 radical (unpaired) electrons. The van der Waals surface area contributed by atoms with E-state index in [1.165, 1.54) is 0 Å². The van der Waals surface area contributed by atoms with E-state index in [9.17, 15) is 9.59 Å². The number of thioether (sulfide) groups is 1. The van der Waals surface area contributed by atoms with Crippen LogP contribution in [-0.2, 0) is 9.59 Å². The molecule has 0 unspecified atom stereocenters. The van der Waals surface area contributed by atoms with E-state index in [4.69, 9.17) is 4.42 Å². The van der Waals surface area contributed by atoms with Crippen LogP contribution in [0.4, 0.5) is 0 Å². The summed E-state index contributed by atoms with van der Waals surface area (Å²) in [5.41, 5.74) is 0. The van der Waals surface area contributed by atoms with Crippen molar-refractivity contribution in [2.75, 3.05) is 18.1 Å². The van der Waals surface area contributed by atoms with E-state index in [2.05, 4.69) is 5.32 Å². The molecule has 0 aromatic carbocycles. The summed E-state index contributed by atoms with van der Waals surface area (Å²) in [6.45, 7) is 2.61. The fourth-order valence-electron chi connectivity index (χ4n) is 2.74. The van der Waals surface area contributed by atoms with E-state index in [0.29, 0.717) is 19.4 Å². The van der Waals surface area contributed by atoms with Gasteiger partial charge < -0.3 is 14.6 Å². The Bertz CT molecular complexity index is 528. The fourth-order valence-corrected chi connectivity index (χ4v) is 3.80. The molecule has 0 spiro atoms. The molecule has 2 saturated heterocycles. The number of hydrogen-bond donors (Lipinski definition) is 1. The summed E-state index contributed by atoms with van der Waals surface area (Å²) in [7, 11) is 0. The fraction of sp³-hybridized carbons (Fsp3) is 0.571. The van der Waals surface area contributed by atoms with Crippen LogP contribution in [0.25, 0.3) is 0 Å². The Balaban J connectivity index is 1.78. The molecule has 2 atom stereocenters. The average molecular weight is 294 g/mol. The normalized spacial score (nSPS) is 26.6. The highest BCUT2D eigenvalue weighted by atomic mass is 32.2. The van der Waals surface area contributed by atoms with Crippen molar-refractivity contribution in [3.8, 4) is 0 Å². The molecule has 2 amide bonds. The van der Waals surface area contributed by atoms with Crippen LogP contribution in [-0.4, -0.2) is 40.8 Å². The van der Waals surface area contributed by atoms with Gasteiger partial charge in [-0.15, -0.1) is 0 Å². The van der Waals surface area contributed by atoms with Crippen molar-refractivity contribution in [2.24, 2.45) is 0 Å². The lowest BCUT2D eigenvalue weighted by Gasteiger charge is -2.35. The third-order valence-electron chi connectivity index (χ3n) is 3.79. The quantitative estimate of drug-likeness (QED) is 0.897. The zero-order valence-electron chi connectivity index (χ0n) is 11.4. The zero-order valence-corrected chi connectivity index (χ0v) is 12.2. The molecule has 1 aromatic heterocycles. The molecule has 2 aliphatic rings. The number of carbonyl (C=O) groups excluding carboxylic acids is 2. The van der Waals surface area contributed by atoms with Crippen molar-refractivity contribution in [3.63, 3.8) is 0 Å². The second-order valence-electron chi connectivity index (χ2n) is 5.23. The number of aryl methyl sites for hydroxylation is 1. The Morgan fingerprint density at radius 3 is 3.00 bits per heavy atom. The van der Waals surface area contributed by atoms with Gasteiger partial charge in [0.15, 0.2) is 0 Å². The van der Waals surface area contributed by atoms with Crippen LogP contribution in [0.5, 0.6) is 0 Å². The van der Waals surface area contributed by atoms with Gasteiger partial charge in [-0.25, -0.2) is 0 Å². The highest BCUT2D eigenvalue weighted by Crippen LogP contribution is 2.31. The maximum Gasteiger partial charge on any atom is 0.245 e. The van der Waals surface area contributed by atoms with E-state index < -0.39 is 0 Å². The van der Waals surface area contributed by atoms with Crippen LogP contribution in [0.3, 0.4) is 0 Å². The third-order valence-corrected chi connectivity index (χ3v) is 4.82. The number of rotatable bonds is 2. The van der Waals surface area contributed by atoms with Crippen LogP contribution in [0.15, 0.2) is 16.5 Å². The summed E-state index contributed by atoms with van der Waals surface area (Å²) in [6, 6.07) is 3.49. The van der Waals surface area contributed by atoms with Crippen molar-refractivity contribution in [1.82, 2.24) is 10.2 Å². The Morgan fingerprint density at radius 1 is 1.50 bits per heavy atom.